The summed E-state index contributed by atoms with van der Waals surface area (Å²) in [7, 11) is 2.05. The van der Waals surface area contributed by atoms with E-state index in [-0.39, 0.29) is 6.04 Å². The number of nitrogens with zero attached hydrogens (tertiary/aromatic N) is 4. The zero-order chi connectivity index (χ0) is 16.5. The topological polar surface area (TPSA) is 80.2 Å². The standard InChI is InChI=1S/C16H16ClN5O2/c1-22-6-5-18-9-13(22)15-19-16(24-21-15)12-8-14(23-20-12)10-3-2-4-11(17)7-10/h2-4,7-8,13,18H,5-6,9H2,1H3. The molecule has 0 bridgehead atoms. The molecule has 0 radical (unpaired) electrons. The number of nitrogens with one attached hydrogen (secondary N) is 1. The Morgan fingerprint density at radius 3 is 3.00 bits per heavy atom. The first kappa shape index (κ1) is 15.3. The lowest BCUT2D eigenvalue weighted by Crippen LogP contribution is -2.44. The van der Waals surface area contributed by atoms with Gasteiger partial charge in [0.15, 0.2) is 17.3 Å². The molecular formula is C16H16ClN5O2. The number of rotatable bonds is 3. The average Bonchev–Trinajstić information content (AvgIpc) is 3.25. The van der Waals surface area contributed by atoms with E-state index in [4.69, 9.17) is 20.6 Å². The van der Waals surface area contributed by atoms with Gasteiger partial charge in [0.25, 0.3) is 5.89 Å². The highest BCUT2D eigenvalue weighted by Gasteiger charge is 2.26. The van der Waals surface area contributed by atoms with Crippen LogP contribution < -0.4 is 5.32 Å². The Hall–Kier alpha value is -2.22. The number of likely N-dealkylation sites (N-methyl/N-ethyl adjacent to an activating group) is 1. The zero-order valence-corrected chi connectivity index (χ0v) is 13.8. The van der Waals surface area contributed by atoms with Crippen LogP contribution in [0.2, 0.25) is 5.02 Å². The van der Waals surface area contributed by atoms with E-state index >= 15 is 0 Å². The van der Waals surface area contributed by atoms with Crippen LogP contribution in [-0.2, 0) is 0 Å². The minimum absolute atomic E-state index is 0.0931. The highest BCUT2D eigenvalue weighted by molar-refractivity contribution is 6.30. The Morgan fingerprint density at radius 2 is 2.17 bits per heavy atom. The van der Waals surface area contributed by atoms with Crippen molar-refractivity contribution in [3.8, 4) is 22.9 Å². The molecular weight excluding hydrogens is 330 g/mol. The van der Waals surface area contributed by atoms with Crippen molar-refractivity contribution in [2.75, 3.05) is 26.7 Å². The Bertz CT molecular complexity index is 846. The maximum atomic E-state index is 6.01. The molecule has 8 heteroatoms. The van der Waals surface area contributed by atoms with Gasteiger partial charge in [-0.25, -0.2) is 0 Å². The lowest BCUT2D eigenvalue weighted by Gasteiger charge is -2.30. The fourth-order valence-electron chi connectivity index (χ4n) is 2.72. The number of halogens is 1. The van der Waals surface area contributed by atoms with E-state index in [0.717, 1.165) is 25.2 Å². The molecule has 1 unspecified atom stereocenters. The van der Waals surface area contributed by atoms with Crippen molar-refractivity contribution in [2.24, 2.45) is 0 Å². The molecule has 1 atom stereocenters. The molecule has 124 valence electrons. The van der Waals surface area contributed by atoms with E-state index in [9.17, 15) is 0 Å². The maximum absolute atomic E-state index is 6.01. The van der Waals surface area contributed by atoms with Crippen LogP contribution in [0.15, 0.2) is 39.4 Å². The first-order valence-electron chi connectivity index (χ1n) is 7.68. The van der Waals surface area contributed by atoms with Crippen molar-refractivity contribution in [2.45, 2.75) is 6.04 Å². The smallest absolute Gasteiger partial charge is 0.280 e. The first-order valence-corrected chi connectivity index (χ1v) is 8.06. The summed E-state index contributed by atoms with van der Waals surface area (Å²) in [6.45, 7) is 2.70. The van der Waals surface area contributed by atoms with Gasteiger partial charge < -0.3 is 14.4 Å². The van der Waals surface area contributed by atoms with Crippen LogP contribution >= 0.6 is 11.6 Å². The molecule has 0 aliphatic carbocycles. The van der Waals surface area contributed by atoms with Crippen molar-refractivity contribution in [1.29, 1.82) is 0 Å². The second-order valence-corrected chi connectivity index (χ2v) is 6.18. The molecule has 3 heterocycles. The third-order valence-electron chi connectivity index (χ3n) is 4.09. The number of hydrogen-bond acceptors (Lipinski definition) is 7. The van der Waals surface area contributed by atoms with Gasteiger partial charge in [0.2, 0.25) is 0 Å². The largest absolute Gasteiger partial charge is 0.355 e. The molecule has 0 spiro atoms. The second-order valence-electron chi connectivity index (χ2n) is 5.75. The fraction of sp³-hybridized carbons (Fsp3) is 0.312. The van der Waals surface area contributed by atoms with Crippen LogP contribution in [0.3, 0.4) is 0 Å². The third-order valence-corrected chi connectivity index (χ3v) is 4.32. The molecule has 1 saturated heterocycles. The number of piperazine rings is 1. The number of hydrogen-bond donors (Lipinski definition) is 1. The quantitative estimate of drug-likeness (QED) is 0.781. The Kier molecular flexibility index (Phi) is 4.05. The van der Waals surface area contributed by atoms with Crippen molar-refractivity contribution >= 4 is 11.6 Å². The fourth-order valence-corrected chi connectivity index (χ4v) is 2.91. The van der Waals surface area contributed by atoms with Gasteiger partial charge in [-0.15, -0.1) is 0 Å². The monoisotopic (exact) mass is 345 g/mol. The van der Waals surface area contributed by atoms with Crippen LogP contribution in [0.25, 0.3) is 22.9 Å². The lowest BCUT2D eigenvalue weighted by molar-refractivity contribution is 0.190. The molecule has 24 heavy (non-hydrogen) atoms. The third kappa shape index (κ3) is 2.93. The van der Waals surface area contributed by atoms with E-state index in [1.807, 2.05) is 18.2 Å². The number of aromatic nitrogens is 3. The predicted molar refractivity (Wildman–Crippen MR) is 88.5 cm³/mol. The van der Waals surface area contributed by atoms with Gasteiger partial charge in [0, 0.05) is 36.3 Å². The van der Waals surface area contributed by atoms with E-state index in [0.29, 0.717) is 28.2 Å². The normalized spacial score (nSPS) is 18.8. The van der Waals surface area contributed by atoms with Crippen LogP contribution in [0.1, 0.15) is 11.9 Å². The molecule has 1 aliphatic heterocycles. The average molecular weight is 346 g/mol. The maximum Gasteiger partial charge on any atom is 0.280 e. The van der Waals surface area contributed by atoms with Crippen LogP contribution in [0, 0.1) is 0 Å². The minimum Gasteiger partial charge on any atom is -0.355 e. The van der Waals surface area contributed by atoms with Gasteiger partial charge in [0.05, 0.1) is 6.04 Å². The minimum atomic E-state index is 0.0931. The molecule has 1 aliphatic rings. The van der Waals surface area contributed by atoms with Crippen LogP contribution in [-0.4, -0.2) is 46.9 Å². The summed E-state index contributed by atoms with van der Waals surface area (Å²) in [5.74, 6) is 1.59. The molecule has 1 N–H and O–H groups in total. The van der Waals surface area contributed by atoms with Crippen LogP contribution in [0.5, 0.6) is 0 Å². The molecule has 0 saturated carbocycles. The molecule has 7 nitrogen and oxygen atoms in total. The summed E-state index contributed by atoms with van der Waals surface area (Å²) in [5.41, 5.74) is 1.35. The van der Waals surface area contributed by atoms with E-state index in [1.54, 1.807) is 12.1 Å². The van der Waals surface area contributed by atoms with Crippen molar-refractivity contribution < 1.29 is 9.05 Å². The summed E-state index contributed by atoms with van der Waals surface area (Å²) in [5, 5.41) is 12.1. The molecule has 1 aromatic carbocycles. The highest BCUT2D eigenvalue weighted by Crippen LogP contribution is 2.28. The molecule has 2 aromatic heterocycles. The number of benzene rings is 1. The first-order chi connectivity index (χ1) is 11.7. The highest BCUT2D eigenvalue weighted by atomic mass is 35.5. The summed E-state index contributed by atoms with van der Waals surface area (Å²) in [6, 6.07) is 9.24. The second kappa shape index (κ2) is 6.35. The molecule has 1 fully saturated rings. The summed E-state index contributed by atoms with van der Waals surface area (Å²) in [4.78, 5) is 6.67. The van der Waals surface area contributed by atoms with Crippen molar-refractivity contribution in [3.05, 3.63) is 41.2 Å². The van der Waals surface area contributed by atoms with E-state index in [1.165, 1.54) is 0 Å². The predicted octanol–water partition coefficient (Wildman–Crippen LogP) is 2.62. The van der Waals surface area contributed by atoms with Gasteiger partial charge >= 0.3 is 0 Å². The van der Waals surface area contributed by atoms with Crippen molar-refractivity contribution in [3.63, 3.8) is 0 Å². The van der Waals surface area contributed by atoms with E-state index < -0.39 is 0 Å². The van der Waals surface area contributed by atoms with Gasteiger partial charge in [-0.1, -0.05) is 34.0 Å². The van der Waals surface area contributed by atoms with Gasteiger partial charge in [-0.3, -0.25) is 4.90 Å². The molecule has 3 aromatic rings. The van der Waals surface area contributed by atoms with E-state index in [2.05, 4.69) is 32.6 Å². The van der Waals surface area contributed by atoms with Crippen LogP contribution in [0.4, 0.5) is 0 Å². The lowest BCUT2D eigenvalue weighted by atomic mass is 10.1. The summed E-state index contributed by atoms with van der Waals surface area (Å²) < 4.78 is 10.7. The Balaban J connectivity index is 1.59. The van der Waals surface area contributed by atoms with Crippen molar-refractivity contribution in [1.82, 2.24) is 25.5 Å². The molecule has 0 amide bonds. The van der Waals surface area contributed by atoms with Gasteiger partial charge in [-0.05, 0) is 19.2 Å². The van der Waals surface area contributed by atoms with Gasteiger partial charge in [0.1, 0.15) is 0 Å². The Labute approximate surface area is 143 Å². The Morgan fingerprint density at radius 1 is 1.25 bits per heavy atom. The summed E-state index contributed by atoms with van der Waals surface area (Å²) >= 11 is 6.01. The van der Waals surface area contributed by atoms with Gasteiger partial charge in [-0.2, -0.15) is 4.98 Å². The SMILES string of the molecule is CN1CCNCC1c1noc(-c2cc(-c3cccc(Cl)c3)on2)n1. The zero-order valence-electron chi connectivity index (χ0n) is 13.1. The summed E-state index contributed by atoms with van der Waals surface area (Å²) in [6.07, 6.45) is 0. The molecule has 4 rings (SSSR count).